The van der Waals surface area contributed by atoms with Crippen molar-refractivity contribution in [1.82, 2.24) is 5.32 Å². The molecule has 1 aromatic heterocycles. The molecule has 23 heavy (non-hydrogen) atoms. The molecule has 0 aliphatic heterocycles. The number of aryl methyl sites for hydroxylation is 1. The normalized spacial score (nSPS) is 11.7. The van der Waals surface area contributed by atoms with E-state index in [0.717, 1.165) is 0 Å². The van der Waals surface area contributed by atoms with E-state index in [1.807, 2.05) is 0 Å². The Balaban J connectivity index is 1.92. The largest absolute Gasteiger partial charge is 0.497 e. The van der Waals surface area contributed by atoms with E-state index in [9.17, 15) is 9.90 Å². The lowest BCUT2D eigenvalue weighted by Crippen LogP contribution is -2.32. The Hall–Kier alpha value is -2.67. The molecule has 0 fully saturated rings. The molecule has 1 aromatic carbocycles. The van der Waals surface area contributed by atoms with Crippen LogP contribution in [0.3, 0.4) is 0 Å². The first kappa shape index (κ1) is 16.7. The molecule has 2 rings (SSSR count). The second kappa shape index (κ2) is 7.55. The van der Waals surface area contributed by atoms with E-state index < -0.39 is 12.1 Å². The Morgan fingerprint density at radius 1 is 1.26 bits per heavy atom. The van der Waals surface area contributed by atoms with Gasteiger partial charge in [0.05, 0.1) is 26.5 Å². The van der Waals surface area contributed by atoms with Gasteiger partial charge in [-0.2, -0.15) is 0 Å². The topological polar surface area (TPSA) is 93.0 Å². The van der Waals surface area contributed by atoms with Crippen LogP contribution in [0, 0.1) is 6.92 Å². The number of benzene rings is 1. The van der Waals surface area contributed by atoms with Crippen molar-refractivity contribution >= 4 is 11.7 Å². The summed E-state index contributed by atoms with van der Waals surface area (Å²) in [7, 11) is 3.05. The maximum atomic E-state index is 11.9. The van der Waals surface area contributed by atoms with Crippen LogP contribution in [0.4, 0.5) is 10.5 Å². The van der Waals surface area contributed by atoms with Crippen LogP contribution in [0.5, 0.6) is 11.5 Å². The lowest BCUT2D eigenvalue weighted by Gasteiger charge is -2.13. The zero-order chi connectivity index (χ0) is 16.8. The third-order valence-electron chi connectivity index (χ3n) is 3.20. The summed E-state index contributed by atoms with van der Waals surface area (Å²) in [6.07, 6.45) is -0.910. The number of hydrogen-bond donors (Lipinski definition) is 3. The van der Waals surface area contributed by atoms with E-state index in [1.54, 1.807) is 44.4 Å². The average Bonchev–Trinajstić information content (AvgIpc) is 2.99. The number of aliphatic hydroxyl groups is 1. The molecule has 0 saturated heterocycles. The summed E-state index contributed by atoms with van der Waals surface area (Å²) in [4.78, 5) is 11.9. The minimum absolute atomic E-state index is 0.0251. The van der Waals surface area contributed by atoms with Crippen LogP contribution in [0.2, 0.25) is 0 Å². The molecule has 1 atom stereocenters. The fourth-order valence-corrected chi connectivity index (χ4v) is 1.99. The van der Waals surface area contributed by atoms with E-state index in [-0.39, 0.29) is 6.54 Å². The van der Waals surface area contributed by atoms with Gasteiger partial charge in [0, 0.05) is 6.07 Å². The maximum Gasteiger partial charge on any atom is 0.319 e. The molecule has 0 saturated carbocycles. The highest BCUT2D eigenvalue weighted by molar-refractivity contribution is 5.91. The number of anilines is 1. The van der Waals surface area contributed by atoms with Gasteiger partial charge in [-0.25, -0.2) is 4.79 Å². The average molecular weight is 320 g/mol. The molecule has 1 heterocycles. The van der Waals surface area contributed by atoms with E-state index in [1.165, 1.54) is 7.11 Å². The second-order valence-electron chi connectivity index (χ2n) is 4.87. The molecular formula is C16H20N2O5. The molecule has 0 radical (unpaired) electrons. The van der Waals surface area contributed by atoms with Gasteiger partial charge in [-0.05, 0) is 31.2 Å². The first-order valence-electron chi connectivity index (χ1n) is 7.04. The Bertz CT molecular complexity index is 668. The SMILES string of the molecule is COc1ccc(NC(=O)NCC(O)c2ccc(C)o2)c(OC)c1. The van der Waals surface area contributed by atoms with Gasteiger partial charge in [0.2, 0.25) is 0 Å². The summed E-state index contributed by atoms with van der Waals surface area (Å²) >= 11 is 0. The highest BCUT2D eigenvalue weighted by Crippen LogP contribution is 2.28. The number of hydrogen-bond acceptors (Lipinski definition) is 5. The second-order valence-corrected chi connectivity index (χ2v) is 4.87. The van der Waals surface area contributed by atoms with Crippen LogP contribution in [0.25, 0.3) is 0 Å². The molecule has 0 aliphatic rings. The number of methoxy groups -OCH3 is 2. The molecule has 0 spiro atoms. The minimum Gasteiger partial charge on any atom is -0.497 e. The maximum absolute atomic E-state index is 11.9. The number of furan rings is 1. The number of ether oxygens (including phenoxy) is 2. The number of aliphatic hydroxyl groups excluding tert-OH is 1. The number of amides is 2. The molecule has 7 heteroatoms. The first-order chi connectivity index (χ1) is 11.0. The van der Waals surface area contributed by atoms with Gasteiger partial charge in [-0.3, -0.25) is 0 Å². The van der Waals surface area contributed by atoms with Crippen molar-refractivity contribution < 1.29 is 23.8 Å². The van der Waals surface area contributed by atoms with Crippen molar-refractivity contribution in [2.45, 2.75) is 13.0 Å². The predicted octanol–water partition coefficient (Wildman–Crippen LogP) is 2.46. The Morgan fingerprint density at radius 3 is 2.65 bits per heavy atom. The van der Waals surface area contributed by atoms with Crippen LogP contribution >= 0.6 is 0 Å². The van der Waals surface area contributed by atoms with Gasteiger partial charge in [-0.15, -0.1) is 0 Å². The van der Waals surface area contributed by atoms with Gasteiger partial charge in [0.1, 0.15) is 29.1 Å². The number of urea groups is 1. The third kappa shape index (κ3) is 4.40. The lowest BCUT2D eigenvalue weighted by molar-refractivity contribution is 0.148. The first-order valence-corrected chi connectivity index (χ1v) is 7.04. The summed E-state index contributed by atoms with van der Waals surface area (Å²) in [6.45, 7) is 1.81. The van der Waals surface area contributed by atoms with Crippen molar-refractivity contribution in [2.75, 3.05) is 26.1 Å². The standard InChI is InChI=1S/C16H20N2O5/c1-10-4-7-14(23-10)13(19)9-17-16(20)18-12-6-5-11(21-2)8-15(12)22-3/h4-8,13,19H,9H2,1-3H3,(H2,17,18,20). The molecular weight excluding hydrogens is 300 g/mol. The number of carbonyl (C=O) groups is 1. The molecule has 124 valence electrons. The zero-order valence-corrected chi connectivity index (χ0v) is 13.3. The van der Waals surface area contributed by atoms with Crippen molar-refractivity contribution in [3.05, 3.63) is 41.9 Å². The Kier molecular flexibility index (Phi) is 5.48. The summed E-state index contributed by atoms with van der Waals surface area (Å²) < 4.78 is 15.6. The van der Waals surface area contributed by atoms with Crippen LogP contribution < -0.4 is 20.1 Å². The zero-order valence-electron chi connectivity index (χ0n) is 13.3. The number of carbonyl (C=O) groups excluding carboxylic acids is 1. The smallest absolute Gasteiger partial charge is 0.319 e. The van der Waals surface area contributed by atoms with Crippen LogP contribution in [0.1, 0.15) is 17.6 Å². The van der Waals surface area contributed by atoms with Crippen LogP contribution in [-0.4, -0.2) is 31.9 Å². The molecule has 7 nitrogen and oxygen atoms in total. The van der Waals surface area contributed by atoms with E-state index in [2.05, 4.69) is 10.6 Å². The monoisotopic (exact) mass is 320 g/mol. The Morgan fingerprint density at radius 2 is 2.04 bits per heavy atom. The van der Waals surface area contributed by atoms with Crippen LogP contribution in [-0.2, 0) is 0 Å². The summed E-state index contributed by atoms with van der Waals surface area (Å²) in [5.74, 6) is 2.20. The fraction of sp³-hybridized carbons (Fsp3) is 0.312. The Labute approximate surface area is 134 Å². The molecule has 0 bridgehead atoms. The molecule has 3 N–H and O–H groups in total. The van der Waals surface area contributed by atoms with Crippen molar-refractivity contribution in [2.24, 2.45) is 0 Å². The summed E-state index contributed by atoms with van der Waals surface area (Å²) in [5.41, 5.74) is 0.495. The summed E-state index contributed by atoms with van der Waals surface area (Å²) in [6, 6.07) is 8.00. The highest BCUT2D eigenvalue weighted by Gasteiger charge is 2.14. The van der Waals surface area contributed by atoms with E-state index in [0.29, 0.717) is 28.7 Å². The molecule has 0 aliphatic carbocycles. The van der Waals surface area contributed by atoms with Gasteiger partial charge in [-0.1, -0.05) is 0 Å². The fourth-order valence-electron chi connectivity index (χ4n) is 1.99. The van der Waals surface area contributed by atoms with Gasteiger partial charge < -0.3 is 29.6 Å². The number of rotatable bonds is 6. The number of nitrogens with one attached hydrogen (secondary N) is 2. The van der Waals surface area contributed by atoms with Crippen molar-refractivity contribution in [1.29, 1.82) is 0 Å². The highest BCUT2D eigenvalue weighted by atomic mass is 16.5. The predicted molar refractivity (Wildman–Crippen MR) is 85.0 cm³/mol. The quantitative estimate of drug-likeness (QED) is 0.760. The molecule has 1 unspecified atom stereocenters. The van der Waals surface area contributed by atoms with Gasteiger partial charge >= 0.3 is 6.03 Å². The van der Waals surface area contributed by atoms with E-state index in [4.69, 9.17) is 13.9 Å². The summed E-state index contributed by atoms with van der Waals surface area (Å²) in [5, 5.41) is 15.2. The minimum atomic E-state index is -0.910. The third-order valence-corrected chi connectivity index (χ3v) is 3.20. The van der Waals surface area contributed by atoms with E-state index >= 15 is 0 Å². The van der Waals surface area contributed by atoms with Gasteiger partial charge in [0.25, 0.3) is 0 Å². The lowest BCUT2D eigenvalue weighted by atomic mass is 10.2. The van der Waals surface area contributed by atoms with Gasteiger partial charge in [0.15, 0.2) is 0 Å². The van der Waals surface area contributed by atoms with Crippen LogP contribution in [0.15, 0.2) is 34.7 Å². The molecule has 2 aromatic rings. The van der Waals surface area contributed by atoms with Crippen molar-refractivity contribution in [3.63, 3.8) is 0 Å². The van der Waals surface area contributed by atoms with Crippen molar-refractivity contribution in [3.8, 4) is 11.5 Å². The molecule has 2 amide bonds.